The highest BCUT2D eigenvalue weighted by atomic mass is 32.2. The number of carbonyl (C=O) groups is 1. The smallest absolute Gasteiger partial charge is 0.246 e. The van der Waals surface area contributed by atoms with Gasteiger partial charge in [-0.3, -0.25) is 9.48 Å². The lowest BCUT2D eigenvalue weighted by Crippen LogP contribution is -2.41. The van der Waals surface area contributed by atoms with Gasteiger partial charge in [0.25, 0.3) is 0 Å². The van der Waals surface area contributed by atoms with Gasteiger partial charge in [0.05, 0.1) is 24.6 Å². The minimum atomic E-state index is -3.69. The number of morpholine rings is 1. The van der Waals surface area contributed by atoms with Crippen LogP contribution in [0.3, 0.4) is 0 Å². The van der Waals surface area contributed by atoms with E-state index in [1.807, 2.05) is 12.1 Å². The highest BCUT2D eigenvalue weighted by Crippen LogP contribution is 2.32. The molecule has 0 radical (unpaired) electrons. The number of carbonyl (C=O) groups excluding carboxylic acids is 1. The Morgan fingerprint density at radius 1 is 1.17 bits per heavy atom. The lowest BCUT2D eigenvalue weighted by Gasteiger charge is -2.26. The summed E-state index contributed by atoms with van der Waals surface area (Å²) in [5.41, 5.74) is 1.69. The van der Waals surface area contributed by atoms with Crippen LogP contribution in [0.25, 0.3) is 0 Å². The minimum absolute atomic E-state index is 0.0736. The van der Waals surface area contributed by atoms with Gasteiger partial charge in [0.1, 0.15) is 11.4 Å². The van der Waals surface area contributed by atoms with Gasteiger partial charge in [-0.25, -0.2) is 8.42 Å². The molecule has 0 spiro atoms. The number of fused-ring (bicyclic) bond motifs is 1. The van der Waals surface area contributed by atoms with Crippen LogP contribution in [0.4, 0.5) is 0 Å². The molecule has 30 heavy (non-hydrogen) atoms. The molecular weight excluding hydrogens is 412 g/mol. The van der Waals surface area contributed by atoms with Gasteiger partial charge in [0.2, 0.25) is 22.7 Å². The number of nitrogens with one attached hydrogen (secondary N) is 1. The van der Waals surface area contributed by atoms with Crippen LogP contribution >= 0.6 is 0 Å². The van der Waals surface area contributed by atoms with Crippen molar-refractivity contribution in [2.24, 2.45) is 0 Å². The monoisotopic (exact) mass is 436 g/mol. The number of hydrogen-bond donors (Lipinski definition) is 1. The third-order valence-electron chi connectivity index (χ3n) is 5.10. The van der Waals surface area contributed by atoms with E-state index in [0.29, 0.717) is 55.7 Å². The summed E-state index contributed by atoms with van der Waals surface area (Å²) < 4.78 is 44.7. The Hall–Kier alpha value is -2.63. The van der Waals surface area contributed by atoms with E-state index in [-0.39, 0.29) is 24.1 Å². The predicted octanol–water partition coefficient (Wildman–Crippen LogP) is 0.566. The van der Waals surface area contributed by atoms with Crippen LogP contribution in [0.5, 0.6) is 11.5 Å². The Bertz CT molecular complexity index is 1060. The zero-order valence-corrected chi connectivity index (χ0v) is 17.7. The molecule has 0 unspecified atom stereocenters. The second-order valence-electron chi connectivity index (χ2n) is 7.14. The van der Waals surface area contributed by atoms with Crippen molar-refractivity contribution in [1.29, 1.82) is 0 Å². The number of sulfonamides is 1. The molecule has 1 saturated heterocycles. The molecule has 1 fully saturated rings. The van der Waals surface area contributed by atoms with Crippen LogP contribution in [0, 0.1) is 13.8 Å². The van der Waals surface area contributed by atoms with Gasteiger partial charge < -0.3 is 19.5 Å². The summed E-state index contributed by atoms with van der Waals surface area (Å²) in [7, 11) is -3.69. The number of benzene rings is 1. The molecule has 2 aliphatic rings. The molecule has 4 rings (SSSR count). The SMILES string of the molecule is Cc1nn(CC(=O)NCc2ccc3c(c2)OCO3)c(C)c1S(=O)(=O)N1CCOCC1. The number of ether oxygens (including phenoxy) is 3. The normalized spacial score (nSPS) is 16.6. The molecule has 1 amide bonds. The Kier molecular flexibility index (Phi) is 5.67. The van der Waals surface area contributed by atoms with E-state index in [2.05, 4.69) is 10.4 Å². The molecule has 0 atom stereocenters. The molecular formula is C19H24N4O6S. The van der Waals surface area contributed by atoms with E-state index in [0.717, 1.165) is 5.56 Å². The maximum absolute atomic E-state index is 13.0. The molecule has 11 heteroatoms. The van der Waals surface area contributed by atoms with Crippen molar-refractivity contribution in [3.63, 3.8) is 0 Å². The topological polar surface area (TPSA) is 112 Å². The van der Waals surface area contributed by atoms with Gasteiger partial charge in [-0.1, -0.05) is 6.07 Å². The maximum Gasteiger partial charge on any atom is 0.246 e. The van der Waals surface area contributed by atoms with Crippen molar-refractivity contribution in [3.05, 3.63) is 35.2 Å². The van der Waals surface area contributed by atoms with Crippen molar-refractivity contribution in [3.8, 4) is 11.5 Å². The molecule has 3 heterocycles. The summed E-state index contributed by atoms with van der Waals surface area (Å²) in [6.07, 6.45) is 0. The summed E-state index contributed by atoms with van der Waals surface area (Å²) >= 11 is 0. The van der Waals surface area contributed by atoms with Crippen LogP contribution in [-0.4, -0.2) is 61.5 Å². The molecule has 0 saturated carbocycles. The number of amides is 1. The Morgan fingerprint density at radius 2 is 1.90 bits per heavy atom. The zero-order valence-electron chi connectivity index (χ0n) is 16.9. The molecule has 0 bridgehead atoms. The fourth-order valence-electron chi connectivity index (χ4n) is 3.57. The number of hydrogen-bond acceptors (Lipinski definition) is 7. The Labute approximate surface area is 174 Å². The fourth-order valence-corrected chi connectivity index (χ4v) is 5.35. The Morgan fingerprint density at radius 3 is 2.67 bits per heavy atom. The molecule has 10 nitrogen and oxygen atoms in total. The highest BCUT2D eigenvalue weighted by molar-refractivity contribution is 7.89. The molecule has 1 aromatic heterocycles. The first-order valence-electron chi connectivity index (χ1n) is 9.63. The first-order valence-corrected chi connectivity index (χ1v) is 11.1. The average molecular weight is 436 g/mol. The van der Waals surface area contributed by atoms with Gasteiger partial charge in [-0.05, 0) is 31.5 Å². The largest absolute Gasteiger partial charge is 0.454 e. The summed E-state index contributed by atoms with van der Waals surface area (Å²) in [4.78, 5) is 12.6. The second kappa shape index (κ2) is 8.25. The van der Waals surface area contributed by atoms with E-state index >= 15 is 0 Å². The maximum atomic E-state index is 13.0. The Balaban J connectivity index is 1.43. The predicted molar refractivity (Wildman–Crippen MR) is 106 cm³/mol. The van der Waals surface area contributed by atoms with Crippen LogP contribution in [0.1, 0.15) is 17.0 Å². The van der Waals surface area contributed by atoms with Crippen LogP contribution in [-0.2, 0) is 32.6 Å². The molecule has 162 valence electrons. The second-order valence-corrected chi connectivity index (χ2v) is 9.01. The summed E-state index contributed by atoms with van der Waals surface area (Å²) in [5.74, 6) is 1.06. The van der Waals surface area contributed by atoms with Gasteiger partial charge in [0.15, 0.2) is 11.5 Å². The number of aryl methyl sites for hydroxylation is 1. The van der Waals surface area contributed by atoms with E-state index in [9.17, 15) is 13.2 Å². The standard InChI is InChI=1S/C19H24N4O6S/c1-13-19(30(25,26)22-5-7-27-8-6-22)14(2)23(21-13)11-18(24)20-10-15-3-4-16-17(9-15)29-12-28-16/h3-4,9H,5-8,10-12H2,1-2H3,(H,20,24). The van der Waals surface area contributed by atoms with Crippen LogP contribution in [0.2, 0.25) is 0 Å². The number of aromatic nitrogens is 2. The van der Waals surface area contributed by atoms with Gasteiger partial charge in [-0.15, -0.1) is 0 Å². The third kappa shape index (κ3) is 4.00. The zero-order chi connectivity index (χ0) is 21.3. The lowest BCUT2D eigenvalue weighted by molar-refractivity contribution is -0.122. The number of nitrogens with zero attached hydrogens (tertiary/aromatic N) is 3. The first-order chi connectivity index (χ1) is 14.4. The van der Waals surface area contributed by atoms with Crippen molar-refractivity contribution >= 4 is 15.9 Å². The fraction of sp³-hybridized carbons (Fsp3) is 0.474. The van der Waals surface area contributed by atoms with Gasteiger partial charge in [-0.2, -0.15) is 9.40 Å². The van der Waals surface area contributed by atoms with Crippen LogP contribution < -0.4 is 14.8 Å². The highest BCUT2D eigenvalue weighted by Gasteiger charge is 2.32. The van der Waals surface area contributed by atoms with Crippen molar-refractivity contribution < 1.29 is 27.4 Å². The molecule has 1 aromatic carbocycles. The van der Waals surface area contributed by atoms with Crippen molar-refractivity contribution in [1.82, 2.24) is 19.4 Å². The molecule has 2 aliphatic heterocycles. The lowest BCUT2D eigenvalue weighted by atomic mass is 10.2. The summed E-state index contributed by atoms with van der Waals surface area (Å²) in [5, 5.41) is 7.12. The summed E-state index contributed by atoms with van der Waals surface area (Å²) in [6, 6.07) is 5.47. The average Bonchev–Trinajstić information content (AvgIpc) is 3.30. The van der Waals surface area contributed by atoms with Crippen LogP contribution in [0.15, 0.2) is 23.1 Å². The minimum Gasteiger partial charge on any atom is -0.454 e. The van der Waals surface area contributed by atoms with E-state index in [1.165, 1.54) is 8.99 Å². The van der Waals surface area contributed by atoms with E-state index in [4.69, 9.17) is 14.2 Å². The van der Waals surface area contributed by atoms with Gasteiger partial charge >= 0.3 is 0 Å². The third-order valence-corrected chi connectivity index (χ3v) is 7.25. The number of rotatable bonds is 6. The quantitative estimate of drug-likeness (QED) is 0.704. The van der Waals surface area contributed by atoms with E-state index < -0.39 is 10.0 Å². The molecule has 1 N–H and O–H groups in total. The first kappa shape index (κ1) is 20.6. The molecule has 2 aromatic rings. The van der Waals surface area contributed by atoms with Crippen molar-refractivity contribution in [2.45, 2.75) is 31.8 Å². The molecule has 0 aliphatic carbocycles. The van der Waals surface area contributed by atoms with Crippen molar-refractivity contribution in [2.75, 3.05) is 33.1 Å². The van der Waals surface area contributed by atoms with E-state index in [1.54, 1.807) is 19.9 Å². The summed E-state index contributed by atoms with van der Waals surface area (Å²) in [6.45, 7) is 5.09. The van der Waals surface area contributed by atoms with Gasteiger partial charge in [0, 0.05) is 19.6 Å².